The Hall–Kier alpha value is -1.57. The van der Waals surface area contributed by atoms with Gasteiger partial charge in [0.05, 0.1) is 37.6 Å². The lowest BCUT2D eigenvalue weighted by molar-refractivity contribution is -0.315. The maximum Gasteiger partial charge on any atom is 0.336 e. The molecule has 0 amide bonds. The van der Waals surface area contributed by atoms with Crippen molar-refractivity contribution in [2.24, 2.45) is 40.4 Å². The maximum absolute atomic E-state index is 13.3. The summed E-state index contributed by atoms with van der Waals surface area (Å²) in [5.74, 6) is 1.12. The topological polar surface area (TPSA) is 245 Å². The molecule has 0 aromatic carbocycles. The van der Waals surface area contributed by atoms with Gasteiger partial charge in [0.2, 0.25) is 0 Å². The Kier molecular flexibility index (Phi) is 12.0. The van der Waals surface area contributed by atoms with Crippen molar-refractivity contribution in [2.75, 3.05) is 19.8 Å². The summed E-state index contributed by atoms with van der Waals surface area (Å²) >= 11 is 0. The number of esters is 1. The number of hydrogen-bond donors (Lipinski definition) is 9. The van der Waals surface area contributed by atoms with Gasteiger partial charge in [-0.3, -0.25) is 0 Å². The maximum atomic E-state index is 13.3. The molecule has 2 saturated heterocycles. The molecule has 7 rings (SSSR count). The summed E-state index contributed by atoms with van der Waals surface area (Å²) in [7, 11) is 0. The first-order valence-corrected chi connectivity index (χ1v) is 20.2. The highest BCUT2D eigenvalue weighted by atomic mass is 16.7. The second-order valence-corrected chi connectivity index (χ2v) is 18.1. The van der Waals surface area contributed by atoms with Crippen molar-refractivity contribution in [2.45, 2.75) is 159 Å². The minimum Gasteiger partial charge on any atom is -0.458 e. The molecule has 3 saturated carbocycles. The zero-order chi connectivity index (χ0) is 39.7. The number of aliphatic hydroxyl groups is 9. The third-order valence-corrected chi connectivity index (χ3v) is 15.4. The van der Waals surface area contributed by atoms with Crippen molar-refractivity contribution in [1.82, 2.24) is 0 Å². The van der Waals surface area contributed by atoms with Gasteiger partial charge in [-0.05, 0) is 80.5 Å². The van der Waals surface area contributed by atoms with Gasteiger partial charge in [-0.15, -0.1) is 0 Å². The molecule has 9 N–H and O–H groups in total. The Balaban J connectivity index is 0.976. The van der Waals surface area contributed by atoms with Crippen LogP contribution in [-0.4, -0.2) is 151 Å². The van der Waals surface area contributed by atoms with E-state index in [9.17, 15) is 50.8 Å². The van der Waals surface area contributed by atoms with E-state index in [-0.39, 0.29) is 36.6 Å². The molecule has 312 valence electrons. The quantitative estimate of drug-likeness (QED) is 0.109. The number of cyclic esters (lactones) is 1. The van der Waals surface area contributed by atoms with Crippen LogP contribution in [0.3, 0.4) is 0 Å². The Morgan fingerprint density at radius 2 is 1.58 bits per heavy atom. The van der Waals surface area contributed by atoms with Gasteiger partial charge in [-0.25, -0.2) is 4.79 Å². The van der Waals surface area contributed by atoms with Crippen molar-refractivity contribution >= 4 is 5.97 Å². The Labute approximate surface area is 321 Å². The highest BCUT2D eigenvalue weighted by Gasteiger charge is 2.62. The van der Waals surface area contributed by atoms with Crippen LogP contribution in [0, 0.1) is 40.4 Å². The molecule has 15 heteroatoms. The van der Waals surface area contributed by atoms with E-state index in [0.717, 1.165) is 43.3 Å². The van der Waals surface area contributed by atoms with Gasteiger partial charge in [0, 0.05) is 18.3 Å². The van der Waals surface area contributed by atoms with Crippen LogP contribution in [0.25, 0.3) is 0 Å². The second kappa shape index (κ2) is 15.9. The molecule has 0 aromatic heterocycles. The first-order chi connectivity index (χ1) is 26.0. The van der Waals surface area contributed by atoms with Gasteiger partial charge in [0.1, 0.15) is 54.9 Å². The standard InChI is InChI=1S/C40H62O15/c1-17-11-26(53-36(49)22(17)15-51-16-28-31(44)32(45)34(47)37(50)54-28)18(2)23-7-8-24-21-6-5-19-12-20(52-38-35(48)33(46)30(43)27(14-41)55-38)13-29(42)40(19,4)25(21)9-10-39(23,24)3/h5,18,20-21,23-35,37-38,41-48,50H,6-16H2,1-4H3/t18-,20+,21-,23+,24-,25-,26+,27+,28+,29-,30+,31+,32-,33-,34+,35+,37+,38+,39+,40-/m0/s1. The summed E-state index contributed by atoms with van der Waals surface area (Å²) in [4.78, 5) is 13.3. The molecular formula is C40H62O15. The van der Waals surface area contributed by atoms with Crippen LogP contribution in [0.5, 0.6) is 0 Å². The SMILES string of the molecule is CC1=C(COC[C@H]2O[C@@H](O)[C@H](O)[C@@H](O)[C@@H]2O)C(=O)O[C@@H]([C@@H](C)[C@H]2CC[C@H]3[C@@H]4CC=C5C[C@@H](O[C@@H]6O[C@H](CO)[C@@H](O)[C@H](O)[C@H]6O)C[C@H](O)[C@]5(C)[C@H]4CC[C@]23C)C1. The van der Waals surface area contributed by atoms with Crippen LogP contribution in [0.2, 0.25) is 0 Å². The number of fused-ring (bicyclic) bond motifs is 5. The van der Waals surface area contributed by atoms with Crippen molar-refractivity contribution < 1.29 is 74.4 Å². The fourth-order valence-corrected chi connectivity index (χ4v) is 12.0. The molecule has 0 radical (unpaired) electrons. The first-order valence-electron chi connectivity index (χ1n) is 20.2. The number of rotatable bonds is 9. The van der Waals surface area contributed by atoms with Crippen molar-refractivity contribution in [1.29, 1.82) is 0 Å². The van der Waals surface area contributed by atoms with Gasteiger partial charge in [0.15, 0.2) is 12.6 Å². The van der Waals surface area contributed by atoms with Crippen LogP contribution in [0.4, 0.5) is 0 Å². The summed E-state index contributed by atoms with van der Waals surface area (Å²) in [6.07, 6.45) is -7.05. The summed E-state index contributed by atoms with van der Waals surface area (Å²) in [5, 5.41) is 92.2. The third kappa shape index (κ3) is 7.16. The van der Waals surface area contributed by atoms with Crippen molar-refractivity contribution in [3.05, 3.63) is 22.8 Å². The average Bonchev–Trinajstić information content (AvgIpc) is 3.51. The molecular weight excluding hydrogens is 720 g/mol. The monoisotopic (exact) mass is 782 g/mol. The van der Waals surface area contributed by atoms with Gasteiger partial charge in [-0.1, -0.05) is 38.0 Å². The summed E-state index contributed by atoms with van der Waals surface area (Å²) in [5.41, 5.74) is 2.00. The summed E-state index contributed by atoms with van der Waals surface area (Å²) in [6, 6.07) is 0. The third-order valence-electron chi connectivity index (χ3n) is 15.4. The van der Waals surface area contributed by atoms with Crippen LogP contribution < -0.4 is 0 Å². The average molecular weight is 783 g/mol. The lowest BCUT2D eigenvalue weighted by Crippen LogP contribution is -2.60. The number of allylic oxidation sites excluding steroid dienone is 1. The van der Waals surface area contributed by atoms with Crippen molar-refractivity contribution in [3.63, 3.8) is 0 Å². The lowest BCUT2D eigenvalue weighted by Gasteiger charge is -2.60. The van der Waals surface area contributed by atoms with E-state index in [4.69, 9.17) is 23.7 Å². The number of carbonyl (C=O) groups is 1. The smallest absolute Gasteiger partial charge is 0.336 e. The molecule has 3 aliphatic heterocycles. The Morgan fingerprint density at radius 1 is 0.873 bits per heavy atom. The van der Waals surface area contributed by atoms with E-state index in [1.807, 2.05) is 6.92 Å². The minimum absolute atomic E-state index is 0.0353. The molecule has 0 unspecified atom stereocenters. The number of carbonyl (C=O) groups excluding carboxylic acids is 1. The molecule has 15 nitrogen and oxygen atoms in total. The first kappa shape index (κ1) is 41.6. The molecule has 55 heavy (non-hydrogen) atoms. The van der Waals surface area contributed by atoms with E-state index in [1.165, 1.54) is 0 Å². The number of aliphatic hydroxyl groups excluding tert-OH is 9. The molecule has 20 atom stereocenters. The predicted molar refractivity (Wildman–Crippen MR) is 191 cm³/mol. The van der Waals surface area contributed by atoms with E-state index < -0.39 is 91.6 Å². The van der Waals surface area contributed by atoms with Gasteiger partial charge in [0.25, 0.3) is 0 Å². The Morgan fingerprint density at radius 3 is 2.29 bits per heavy atom. The largest absolute Gasteiger partial charge is 0.458 e. The normalized spacial score (nSPS) is 50.7. The number of ether oxygens (including phenoxy) is 5. The van der Waals surface area contributed by atoms with Crippen LogP contribution in [0.1, 0.15) is 79.1 Å². The predicted octanol–water partition coefficient (Wildman–Crippen LogP) is -0.194. The molecule has 0 aromatic rings. The Bertz CT molecular complexity index is 1470. The molecule has 7 aliphatic rings. The molecule has 3 heterocycles. The molecule has 0 spiro atoms. The van der Waals surface area contributed by atoms with E-state index in [1.54, 1.807) is 0 Å². The van der Waals surface area contributed by atoms with Gasteiger partial charge >= 0.3 is 5.97 Å². The van der Waals surface area contributed by atoms with Crippen LogP contribution in [-0.2, 0) is 28.5 Å². The lowest BCUT2D eigenvalue weighted by atomic mass is 9.46. The summed E-state index contributed by atoms with van der Waals surface area (Å²) < 4.78 is 28.7. The second-order valence-electron chi connectivity index (χ2n) is 18.1. The fraction of sp³-hybridized carbons (Fsp3) is 0.875. The molecule has 0 bridgehead atoms. The highest BCUT2D eigenvalue weighted by Crippen LogP contribution is 2.67. The van der Waals surface area contributed by atoms with E-state index >= 15 is 0 Å². The zero-order valence-corrected chi connectivity index (χ0v) is 32.2. The van der Waals surface area contributed by atoms with Gasteiger partial charge in [-0.2, -0.15) is 0 Å². The molecule has 5 fully saturated rings. The fourth-order valence-electron chi connectivity index (χ4n) is 12.0. The minimum atomic E-state index is -1.67. The summed E-state index contributed by atoms with van der Waals surface area (Å²) in [6.45, 7) is 7.86. The van der Waals surface area contributed by atoms with Crippen LogP contribution >= 0.6 is 0 Å². The van der Waals surface area contributed by atoms with Crippen LogP contribution in [0.15, 0.2) is 22.8 Å². The van der Waals surface area contributed by atoms with Crippen molar-refractivity contribution in [3.8, 4) is 0 Å². The van der Waals surface area contributed by atoms with E-state index in [2.05, 4.69) is 26.8 Å². The zero-order valence-electron chi connectivity index (χ0n) is 32.2. The van der Waals surface area contributed by atoms with E-state index in [0.29, 0.717) is 42.6 Å². The molecule has 4 aliphatic carbocycles. The number of hydrogen-bond acceptors (Lipinski definition) is 15. The highest BCUT2D eigenvalue weighted by molar-refractivity contribution is 5.90. The van der Waals surface area contributed by atoms with Gasteiger partial charge < -0.3 is 69.6 Å².